The van der Waals surface area contributed by atoms with Gasteiger partial charge in [0.05, 0.1) is 13.2 Å². The molecule has 1 heterocycles. The second-order valence-corrected chi connectivity index (χ2v) is 6.37. The van der Waals surface area contributed by atoms with Crippen LogP contribution in [0.1, 0.15) is 39.0 Å². The molecule has 3 unspecified atom stereocenters. The van der Waals surface area contributed by atoms with Crippen molar-refractivity contribution in [1.82, 2.24) is 10.2 Å². The summed E-state index contributed by atoms with van der Waals surface area (Å²) < 4.78 is 4.82. The highest BCUT2D eigenvalue weighted by Crippen LogP contribution is 2.25. The first-order valence-corrected chi connectivity index (χ1v) is 7.84. The maximum absolute atomic E-state index is 11.7. The molecule has 2 aliphatic rings. The molecule has 0 aromatic carbocycles. The molecule has 0 spiro atoms. The summed E-state index contributed by atoms with van der Waals surface area (Å²) in [5.74, 6) is 0.914. The Morgan fingerprint density at radius 3 is 2.70 bits per heavy atom. The number of carbonyl (C=O) groups is 1. The zero-order valence-electron chi connectivity index (χ0n) is 12.7. The summed E-state index contributed by atoms with van der Waals surface area (Å²) in [4.78, 5) is 13.5. The Balaban J connectivity index is 1.87. The Bertz CT molecular complexity index is 316. The summed E-state index contributed by atoms with van der Waals surface area (Å²) in [6.07, 6.45) is 5.59. The zero-order valence-corrected chi connectivity index (χ0v) is 12.7. The molecular weight excluding hydrogens is 256 g/mol. The highest BCUT2D eigenvalue weighted by molar-refractivity contribution is 5.67. The molecule has 5 heteroatoms. The molecule has 3 atom stereocenters. The van der Waals surface area contributed by atoms with Crippen LogP contribution in [0.15, 0.2) is 0 Å². The van der Waals surface area contributed by atoms with Gasteiger partial charge in [0, 0.05) is 25.0 Å². The third-order valence-electron chi connectivity index (χ3n) is 4.77. The maximum Gasteiger partial charge on any atom is 0.409 e. The van der Waals surface area contributed by atoms with Gasteiger partial charge in [0.15, 0.2) is 0 Å². The van der Waals surface area contributed by atoms with Gasteiger partial charge < -0.3 is 20.1 Å². The van der Waals surface area contributed by atoms with Crippen LogP contribution in [-0.4, -0.2) is 55.0 Å². The number of likely N-dealkylation sites (tertiary alicyclic amines) is 1. The van der Waals surface area contributed by atoms with E-state index in [9.17, 15) is 9.90 Å². The fourth-order valence-corrected chi connectivity index (χ4v) is 3.46. The number of nitrogens with zero attached hydrogens (tertiary/aromatic N) is 1. The molecule has 0 radical (unpaired) electrons. The van der Waals surface area contributed by atoms with E-state index in [1.54, 1.807) is 11.8 Å². The molecule has 1 saturated carbocycles. The number of carbonyl (C=O) groups excluding carboxylic acids is 1. The summed E-state index contributed by atoms with van der Waals surface area (Å²) in [6, 6.07) is 0.267. The second kappa shape index (κ2) is 7.27. The highest BCUT2D eigenvalue weighted by atomic mass is 16.5. The van der Waals surface area contributed by atoms with Gasteiger partial charge in [0.25, 0.3) is 0 Å². The summed E-state index contributed by atoms with van der Waals surface area (Å²) in [6.45, 7) is 4.11. The molecule has 2 fully saturated rings. The van der Waals surface area contributed by atoms with Crippen molar-refractivity contribution in [1.29, 1.82) is 0 Å². The smallest absolute Gasteiger partial charge is 0.409 e. The lowest BCUT2D eigenvalue weighted by Gasteiger charge is -2.38. The van der Waals surface area contributed by atoms with E-state index in [-0.39, 0.29) is 18.1 Å². The average molecular weight is 284 g/mol. The van der Waals surface area contributed by atoms with E-state index in [2.05, 4.69) is 5.32 Å². The molecule has 5 nitrogen and oxygen atoms in total. The standard InChI is InChI=1S/C15H28N2O3/c1-11(18)13-7-14(10-17(9-13)15(19)20-2)16-8-12-5-3-4-6-12/h11-14,16,18H,3-10H2,1-2H3. The van der Waals surface area contributed by atoms with Gasteiger partial charge in [-0.3, -0.25) is 0 Å². The number of aliphatic hydroxyl groups is 1. The molecule has 1 saturated heterocycles. The minimum Gasteiger partial charge on any atom is -0.453 e. The van der Waals surface area contributed by atoms with Gasteiger partial charge in [-0.05, 0) is 38.6 Å². The van der Waals surface area contributed by atoms with Gasteiger partial charge in [-0.25, -0.2) is 4.79 Å². The molecule has 1 aliphatic heterocycles. The van der Waals surface area contributed by atoms with Crippen molar-refractivity contribution in [2.24, 2.45) is 11.8 Å². The van der Waals surface area contributed by atoms with Crippen LogP contribution < -0.4 is 5.32 Å². The van der Waals surface area contributed by atoms with Crippen molar-refractivity contribution in [3.05, 3.63) is 0 Å². The predicted octanol–water partition coefficient (Wildman–Crippen LogP) is 1.60. The predicted molar refractivity (Wildman–Crippen MR) is 77.5 cm³/mol. The summed E-state index contributed by atoms with van der Waals surface area (Å²) in [5, 5.41) is 13.4. The summed E-state index contributed by atoms with van der Waals surface area (Å²) in [7, 11) is 1.41. The molecule has 2 rings (SSSR count). The number of rotatable bonds is 4. The Labute approximate surface area is 121 Å². The van der Waals surface area contributed by atoms with Crippen LogP contribution in [0.2, 0.25) is 0 Å². The monoisotopic (exact) mass is 284 g/mol. The van der Waals surface area contributed by atoms with E-state index in [0.717, 1.165) is 18.9 Å². The van der Waals surface area contributed by atoms with Crippen LogP contribution in [0.5, 0.6) is 0 Å². The zero-order chi connectivity index (χ0) is 14.5. The summed E-state index contributed by atoms with van der Waals surface area (Å²) >= 11 is 0. The highest BCUT2D eigenvalue weighted by Gasteiger charge is 2.32. The Morgan fingerprint density at radius 1 is 1.40 bits per heavy atom. The van der Waals surface area contributed by atoms with Crippen LogP contribution in [0.3, 0.4) is 0 Å². The van der Waals surface area contributed by atoms with Crippen LogP contribution in [0.4, 0.5) is 4.79 Å². The number of methoxy groups -OCH3 is 1. The van der Waals surface area contributed by atoms with Crippen molar-refractivity contribution in [2.75, 3.05) is 26.7 Å². The van der Waals surface area contributed by atoms with Gasteiger partial charge >= 0.3 is 6.09 Å². The third kappa shape index (κ3) is 4.09. The minimum absolute atomic E-state index is 0.129. The number of ether oxygens (including phenoxy) is 1. The first kappa shape index (κ1) is 15.6. The first-order valence-electron chi connectivity index (χ1n) is 7.84. The van der Waals surface area contributed by atoms with Crippen LogP contribution >= 0.6 is 0 Å². The Morgan fingerprint density at radius 2 is 2.10 bits per heavy atom. The van der Waals surface area contributed by atoms with Crippen LogP contribution in [-0.2, 0) is 4.74 Å². The number of hydrogen-bond donors (Lipinski definition) is 2. The number of hydrogen-bond acceptors (Lipinski definition) is 4. The van der Waals surface area contributed by atoms with Gasteiger partial charge in [-0.2, -0.15) is 0 Å². The molecule has 1 aliphatic carbocycles. The normalized spacial score (nSPS) is 29.4. The molecule has 2 N–H and O–H groups in total. The number of aliphatic hydroxyl groups excluding tert-OH is 1. The molecular formula is C15H28N2O3. The van der Waals surface area contributed by atoms with Crippen LogP contribution in [0.25, 0.3) is 0 Å². The lowest BCUT2D eigenvalue weighted by atomic mass is 9.90. The van der Waals surface area contributed by atoms with E-state index in [1.807, 2.05) is 0 Å². The quantitative estimate of drug-likeness (QED) is 0.823. The fourth-order valence-electron chi connectivity index (χ4n) is 3.46. The number of amides is 1. The summed E-state index contributed by atoms with van der Waals surface area (Å²) in [5.41, 5.74) is 0. The van der Waals surface area contributed by atoms with E-state index in [1.165, 1.54) is 32.8 Å². The van der Waals surface area contributed by atoms with Crippen molar-refractivity contribution in [3.8, 4) is 0 Å². The molecule has 0 aromatic rings. The second-order valence-electron chi connectivity index (χ2n) is 6.37. The van der Waals surface area contributed by atoms with Gasteiger partial charge in [-0.15, -0.1) is 0 Å². The third-order valence-corrected chi connectivity index (χ3v) is 4.77. The van der Waals surface area contributed by atoms with Crippen molar-refractivity contribution < 1.29 is 14.6 Å². The van der Waals surface area contributed by atoms with Crippen molar-refractivity contribution in [3.63, 3.8) is 0 Å². The van der Waals surface area contributed by atoms with Gasteiger partial charge in [-0.1, -0.05) is 12.8 Å². The fraction of sp³-hybridized carbons (Fsp3) is 0.933. The van der Waals surface area contributed by atoms with Crippen molar-refractivity contribution >= 4 is 6.09 Å². The molecule has 116 valence electrons. The lowest BCUT2D eigenvalue weighted by Crippen LogP contribution is -2.53. The maximum atomic E-state index is 11.7. The first-order chi connectivity index (χ1) is 9.60. The molecule has 20 heavy (non-hydrogen) atoms. The minimum atomic E-state index is -0.391. The lowest BCUT2D eigenvalue weighted by molar-refractivity contribution is 0.0421. The van der Waals surface area contributed by atoms with E-state index < -0.39 is 6.10 Å². The average Bonchev–Trinajstić information content (AvgIpc) is 2.97. The van der Waals surface area contributed by atoms with E-state index >= 15 is 0 Å². The Hall–Kier alpha value is -0.810. The van der Waals surface area contributed by atoms with Gasteiger partial charge in [0.1, 0.15) is 0 Å². The number of nitrogens with one attached hydrogen (secondary N) is 1. The van der Waals surface area contributed by atoms with Crippen molar-refractivity contribution in [2.45, 2.75) is 51.2 Å². The van der Waals surface area contributed by atoms with E-state index in [0.29, 0.717) is 13.1 Å². The largest absolute Gasteiger partial charge is 0.453 e. The molecule has 0 aromatic heterocycles. The van der Waals surface area contributed by atoms with Gasteiger partial charge in [0.2, 0.25) is 0 Å². The Kier molecular flexibility index (Phi) is 5.66. The SMILES string of the molecule is COC(=O)N1CC(NCC2CCCC2)CC(C(C)O)C1. The molecule has 0 bridgehead atoms. The topological polar surface area (TPSA) is 61.8 Å². The molecule has 1 amide bonds. The van der Waals surface area contributed by atoms with Crippen LogP contribution in [0, 0.1) is 11.8 Å². The van der Waals surface area contributed by atoms with E-state index in [4.69, 9.17) is 4.74 Å². The number of piperidine rings is 1.